The number of urea groups is 1. The maximum Gasteiger partial charge on any atom is 0.410 e. The fraction of sp³-hybridized carbons (Fsp3) is 0.488. The molecule has 0 aliphatic carbocycles. The normalized spacial score (nSPS) is 19.1. The molecule has 1 fully saturated rings. The molecule has 0 aromatic heterocycles. The van der Waals surface area contributed by atoms with Crippen LogP contribution >= 0.6 is 23.2 Å². The lowest BCUT2D eigenvalue weighted by Gasteiger charge is -2.35. The summed E-state index contributed by atoms with van der Waals surface area (Å²) in [5.41, 5.74) is -0.338. The molecule has 2 N–H and O–H groups in total. The number of piperidine rings is 1. The van der Waals surface area contributed by atoms with E-state index < -0.39 is 27.1 Å². The van der Waals surface area contributed by atoms with Gasteiger partial charge in [0.25, 0.3) is 15.9 Å². The maximum absolute atomic E-state index is 15.1. The van der Waals surface area contributed by atoms with E-state index in [4.69, 9.17) is 27.9 Å². The molecule has 3 heterocycles. The van der Waals surface area contributed by atoms with E-state index in [1.54, 1.807) is 64.4 Å². The summed E-state index contributed by atoms with van der Waals surface area (Å²) < 4.78 is 35.9. The minimum atomic E-state index is -4.49. The molecule has 0 saturated carbocycles. The summed E-state index contributed by atoms with van der Waals surface area (Å²) in [6.45, 7) is 13.4. The van der Waals surface area contributed by atoms with Crippen molar-refractivity contribution in [3.05, 3.63) is 87.4 Å². The van der Waals surface area contributed by atoms with Crippen molar-refractivity contribution in [3.63, 3.8) is 0 Å². The van der Waals surface area contributed by atoms with Crippen molar-refractivity contribution in [2.24, 2.45) is 5.92 Å². The quantitative estimate of drug-likeness (QED) is 0.211. The zero-order valence-corrected chi connectivity index (χ0v) is 34.7. The predicted molar refractivity (Wildman–Crippen MR) is 217 cm³/mol. The van der Waals surface area contributed by atoms with Gasteiger partial charge in [-0.25, -0.2) is 22.3 Å². The molecule has 3 aromatic rings. The fourth-order valence-corrected chi connectivity index (χ4v) is 9.66. The Bertz CT molecular complexity index is 2080. The number of carbonyl (C=O) groups excluding carboxylic acids is 3. The minimum absolute atomic E-state index is 0.0681. The van der Waals surface area contributed by atoms with Crippen LogP contribution in [0.25, 0.3) is 0 Å². The zero-order chi connectivity index (χ0) is 39.9. The van der Waals surface area contributed by atoms with E-state index in [-0.39, 0.29) is 39.2 Å². The lowest BCUT2D eigenvalue weighted by molar-refractivity contribution is -0.121. The lowest BCUT2D eigenvalue weighted by atomic mass is 9.83. The third-order valence-corrected chi connectivity index (χ3v) is 13.5. The van der Waals surface area contributed by atoms with Gasteiger partial charge in [0.15, 0.2) is 5.54 Å². The van der Waals surface area contributed by atoms with Crippen LogP contribution in [0.4, 0.5) is 21.0 Å². The SMILES string of the molecule is CCC(C)(CC)NC(=O)N1CCc2cc(S(=O)(=O)N3C(=O)C(NCCC4CCN(C(=O)OC(C)(C)C)CC4)(c4ccccc4Cl)c4cc(Cl)ccc43)ccc21. The number of halogens is 2. The van der Waals surface area contributed by atoms with Crippen LogP contribution in [0.5, 0.6) is 0 Å². The van der Waals surface area contributed by atoms with Gasteiger partial charge in [0.05, 0.1) is 10.6 Å². The minimum Gasteiger partial charge on any atom is -0.444 e. The van der Waals surface area contributed by atoms with Crippen LogP contribution < -0.4 is 19.8 Å². The summed E-state index contributed by atoms with van der Waals surface area (Å²) in [4.78, 5) is 44.4. The highest BCUT2D eigenvalue weighted by atomic mass is 35.5. The summed E-state index contributed by atoms with van der Waals surface area (Å²) in [5.74, 6) is -0.479. The highest BCUT2D eigenvalue weighted by molar-refractivity contribution is 7.93. The number of nitrogens with one attached hydrogen (secondary N) is 2. The Balaban J connectivity index is 1.29. The Morgan fingerprint density at radius 3 is 2.24 bits per heavy atom. The van der Waals surface area contributed by atoms with Crippen molar-refractivity contribution < 1.29 is 27.5 Å². The number of carbonyl (C=O) groups is 3. The van der Waals surface area contributed by atoms with Gasteiger partial charge in [0.2, 0.25) is 0 Å². The molecule has 0 bridgehead atoms. The van der Waals surface area contributed by atoms with Crippen LogP contribution in [0, 0.1) is 5.92 Å². The second-order valence-corrected chi connectivity index (χ2v) is 18.6. The van der Waals surface area contributed by atoms with Gasteiger partial charge in [-0.3, -0.25) is 15.0 Å². The van der Waals surface area contributed by atoms with Crippen molar-refractivity contribution in [2.45, 2.75) is 102 Å². The van der Waals surface area contributed by atoms with Gasteiger partial charge in [-0.15, -0.1) is 0 Å². The number of ether oxygens (including phenoxy) is 1. The number of hydrogen-bond acceptors (Lipinski definition) is 7. The molecular weight excluding hydrogens is 761 g/mol. The summed E-state index contributed by atoms with van der Waals surface area (Å²) in [6, 6.07) is 16.1. The number of sulfonamides is 1. The number of likely N-dealkylation sites (tertiary alicyclic amines) is 1. The first-order chi connectivity index (χ1) is 25.9. The topological polar surface area (TPSA) is 128 Å². The first-order valence-electron chi connectivity index (χ1n) is 19.0. The third kappa shape index (κ3) is 7.93. The van der Waals surface area contributed by atoms with E-state index in [0.29, 0.717) is 66.4 Å². The van der Waals surface area contributed by atoms with E-state index in [1.165, 1.54) is 6.07 Å². The molecule has 3 aliphatic heterocycles. The molecule has 6 rings (SSSR count). The summed E-state index contributed by atoms with van der Waals surface area (Å²) >= 11 is 13.4. The number of hydrogen-bond donors (Lipinski definition) is 2. The Morgan fingerprint density at radius 2 is 1.58 bits per heavy atom. The Hall–Kier alpha value is -3.84. The van der Waals surface area contributed by atoms with Crippen LogP contribution in [0.3, 0.4) is 0 Å². The van der Waals surface area contributed by atoms with Crippen LogP contribution in [-0.2, 0) is 31.5 Å². The molecule has 4 amide bonds. The van der Waals surface area contributed by atoms with Gasteiger partial charge >= 0.3 is 12.1 Å². The molecule has 1 atom stereocenters. The Labute approximate surface area is 334 Å². The third-order valence-electron chi connectivity index (χ3n) is 11.3. The average molecular weight is 813 g/mol. The van der Waals surface area contributed by atoms with E-state index >= 15 is 4.79 Å². The van der Waals surface area contributed by atoms with Gasteiger partial charge in [-0.05, 0) is 127 Å². The number of anilines is 2. The molecule has 0 spiro atoms. The molecule has 0 radical (unpaired) electrons. The molecule has 11 nitrogen and oxygen atoms in total. The van der Waals surface area contributed by atoms with Crippen LogP contribution in [-0.4, -0.2) is 68.7 Å². The summed E-state index contributed by atoms with van der Waals surface area (Å²) in [6.07, 6.45) is 3.84. The van der Waals surface area contributed by atoms with Gasteiger partial charge in [0, 0.05) is 52.0 Å². The average Bonchev–Trinajstić information content (AvgIpc) is 3.68. The first-order valence-corrected chi connectivity index (χ1v) is 21.2. The number of rotatable bonds is 10. The van der Waals surface area contributed by atoms with E-state index in [0.717, 1.165) is 30.0 Å². The first kappa shape index (κ1) is 40.8. The maximum atomic E-state index is 15.1. The van der Waals surface area contributed by atoms with Crippen molar-refractivity contribution in [2.75, 3.05) is 35.4 Å². The molecule has 55 heavy (non-hydrogen) atoms. The van der Waals surface area contributed by atoms with Crippen molar-refractivity contribution in [1.29, 1.82) is 0 Å². The lowest BCUT2D eigenvalue weighted by Crippen LogP contribution is -2.53. The van der Waals surface area contributed by atoms with E-state index in [1.807, 2.05) is 41.5 Å². The largest absolute Gasteiger partial charge is 0.444 e. The van der Waals surface area contributed by atoms with E-state index in [9.17, 15) is 18.0 Å². The number of amides is 4. The summed E-state index contributed by atoms with van der Waals surface area (Å²) in [5, 5.41) is 7.24. The number of benzene rings is 3. The molecule has 1 unspecified atom stereocenters. The Morgan fingerprint density at radius 1 is 0.909 bits per heavy atom. The molecule has 3 aromatic carbocycles. The molecule has 1 saturated heterocycles. The predicted octanol–water partition coefficient (Wildman–Crippen LogP) is 8.25. The molecule has 3 aliphatic rings. The smallest absolute Gasteiger partial charge is 0.410 e. The fourth-order valence-electron chi connectivity index (χ4n) is 7.69. The van der Waals surface area contributed by atoms with Gasteiger partial charge in [-0.1, -0.05) is 55.2 Å². The highest BCUT2D eigenvalue weighted by Crippen LogP contribution is 2.49. The van der Waals surface area contributed by atoms with Crippen LogP contribution in [0.1, 0.15) is 90.3 Å². The number of nitrogens with zero attached hydrogens (tertiary/aromatic N) is 3. The number of fused-ring (bicyclic) bond motifs is 2. The molecular formula is C41H51Cl2N5O6S. The van der Waals surface area contributed by atoms with Crippen molar-refractivity contribution >= 4 is 62.6 Å². The van der Waals surface area contributed by atoms with Gasteiger partial charge < -0.3 is 15.0 Å². The second kappa shape index (κ2) is 15.6. The molecule has 296 valence electrons. The van der Waals surface area contributed by atoms with Crippen molar-refractivity contribution in [1.82, 2.24) is 15.5 Å². The highest BCUT2D eigenvalue weighted by Gasteiger charge is 2.57. The standard InChI is InChI=1S/C41H51Cl2N5O6S/c1-7-40(6,8-2)45-37(50)47-24-20-28-25-30(14-16-34(28)47)55(52,53)48-35-15-13-29(42)26-32(35)41(36(48)49,31-11-9-10-12-33(31)43)44-21-17-27-18-22-46(23-19-27)38(51)54-39(3,4)5/h9-16,25-27,44H,7-8,17-24H2,1-6H3,(H,45,50). The van der Waals surface area contributed by atoms with Crippen molar-refractivity contribution in [3.8, 4) is 0 Å². The van der Waals surface area contributed by atoms with Crippen LogP contribution in [0.2, 0.25) is 10.0 Å². The van der Waals surface area contributed by atoms with Crippen LogP contribution in [0.15, 0.2) is 65.6 Å². The Kier molecular flexibility index (Phi) is 11.6. The monoisotopic (exact) mass is 811 g/mol. The summed E-state index contributed by atoms with van der Waals surface area (Å²) in [7, 11) is -4.49. The molecule has 14 heteroatoms. The van der Waals surface area contributed by atoms with Gasteiger partial charge in [0.1, 0.15) is 5.60 Å². The van der Waals surface area contributed by atoms with E-state index in [2.05, 4.69) is 10.6 Å². The zero-order valence-electron chi connectivity index (χ0n) is 32.4. The van der Waals surface area contributed by atoms with Gasteiger partial charge in [-0.2, -0.15) is 0 Å². The second-order valence-electron chi connectivity index (χ2n) is 16.0.